The Hall–Kier alpha value is -3.39. The van der Waals surface area contributed by atoms with E-state index in [1.54, 1.807) is 0 Å². The third kappa shape index (κ3) is 6.12. The van der Waals surface area contributed by atoms with Gasteiger partial charge in [0.1, 0.15) is 0 Å². The number of likely N-dealkylation sites (N-methyl/N-ethyl adjacent to an activating group) is 1. The van der Waals surface area contributed by atoms with Crippen molar-refractivity contribution in [1.29, 1.82) is 5.41 Å². The first kappa shape index (κ1) is 21.7. The molecule has 8 nitrogen and oxygen atoms in total. The number of rotatable bonds is 6. The highest BCUT2D eigenvalue weighted by Crippen LogP contribution is 2.16. The number of aryl methyl sites for hydroxylation is 1. The van der Waals surface area contributed by atoms with Gasteiger partial charge < -0.3 is 21.4 Å². The number of hydrazine groups is 1. The highest BCUT2D eigenvalue weighted by molar-refractivity contribution is 6.02. The van der Waals surface area contributed by atoms with Gasteiger partial charge in [0, 0.05) is 37.3 Å². The maximum Gasteiger partial charge on any atom is 0.153 e. The Balaban J connectivity index is 0.000000271. The number of hydrogen-bond donors (Lipinski definition) is 5. The van der Waals surface area contributed by atoms with Crippen LogP contribution in [0.4, 0.5) is 5.69 Å². The van der Waals surface area contributed by atoms with Crippen LogP contribution in [0.1, 0.15) is 18.1 Å². The third-order valence-corrected chi connectivity index (χ3v) is 3.85. The van der Waals surface area contributed by atoms with Gasteiger partial charge in [0.15, 0.2) is 12.1 Å². The SMILES string of the molecule is CCN1C=CC=C/C1=C(/C=N)C=O.CNc1cc(/C(N)=N/NN)ccc1C. The smallest absolute Gasteiger partial charge is 0.153 e. The van der Waals surface area contributed by atoms with Crippen LogP contribution in [-0.2, 0) is 4.79 Å². The number of anilines is 1. The first-order valence-corrected chi connectivity index (χ1v) is 8.41. The number of allylic oxidation sites excluding steroid dienone is 4. The van der Waals surface area contributed by atoms with Crippen molar-refractivity contribution in [3.63, 3.8) is 0 Å². The van der Waals surface area contributed by atoms with Gasteiger partial charge in [-0.15, -0.1) is 5.10 Å². The van der Waals surface area contributed by atoms with E-state index in [0.717, 1.165) is 35.3 Å². The molecular formula is C19H27N7O. The van der Waals surface area contributed by atoms with E-state index in [1.165, 1.54) is 0 Å². The van der Waals surface area contributed by atoms with Crippen molar-refractivity contribution >= 4 is 24.0 Å². The van der Waals surface area contributed by atoms with Gasteiger partial charge in [0.2, 0.25) is 0 Å². The van der Waals surface area contributed by atoms with E-state index >= 15 is 0 Å². The van der Waals surface area contributed by atoms with Crippen LogP contribution in [0, 0.1) is 12.3 Å². The van der Waals surface area contributed by atoms with Crippen molar-refractivity contribution in [2.75, 3.05) is 18.9 Å². The fourth-order valence-corrected chi connectivity index (χ4v) is 2.37. The summed E-state index contributed by atoms with van der Waals surface area (Å²) < 4.78 is 0. The Kier molecular flexibility index (Phi) is 9.04. The average molecular weight is 369 g/mol. The molecule has 27 heavy (non-hydrogen) atoms. The van der Waals surface area contributed by atoms with Crippen molar-refractivity contribution in [3.05, 3.63) is 65.0 Å². The molecule has 8 heteroatoms. The van der Waals surface area contributed by atoms with Crippen LogP contribution >= 0.6 is 0 Å². The first-order chi connectivity index (χ1) is 13.0. The maximum atomic E-state index is 10.6. The molecule has 0 unspecified atom stereocenters. The number of aldehydes is 1. The zero-order chi connectivity index (χ0) is 20.2. The number of hydrogen-bond acceptors (Lipinski definition) is 7. The number of hydrazone groups is 1. The van der Waals surface area contributed by atoms with Crippen molar-refractivity contribution in [2.45, 2.75) is 13.8 Å². The topological polar surface area (TPSA) is 133 Å². The molecule has 7 N–H and O–H groups in total. The number of nitrogens with two attached hydrogens (primary N) is 2. The minimum atomic E-state index is 0.365. The van der Waals surface area contributed by atoms with E-state index in [0.29, 0.717) is 17.7 Å². The molecule has 0 saturated heterocycles. The van der Waals surface area contributed by atoms with E-state index in [2.05, 4.69) is 16.0 Å². The van der Waals surface area contributed by atoms with E-state index < -0.39 is 0 Å². The fraction of sp³-hybridized carbons (Fsp3) is 0.211. The zero-order valence-electron chi connectivity index (χ0n) is 15.9. The van der Waals surface area contributed by atoms with E-state index in [9.17, 15) is 4.79 Å². The van der Waals surface area contributed by atoms with Gasteiger partial charge >= 0.3 is 0 Å². The Bertz CT molecular complexity index is 768. The third-order valence-electron chi connectivity index (χ3n) is 3.85. The van der Waals surface area contributed by atoms with E-state index in [-0.39, 0.29) is 0 Å². The minimum absolute atomic E-state index is 0.365. The zero-order valence-corrected chi connectivity index (χ0v) is 15.9. The summed E-state index contributed by atoms with van der Waals surface area (Å²) in [6.45, 7) is 4.81. The van der Waals surface area contributed by atoms with Crippen molar-refractivity contribution in [2.24, 2.45) is 16.7 Å². The molecule has 1 aliphatic rings. The molecule has 0 bridgehead atoms. The summed E-state index contributed by atoms with van der Waals surface area (Å²) in [5.41, 5.74) is 12.0. The van der Waals surface area contributed by atoms with Crippen LogP contribution in [0.15, 0.2) is 59.0 Å². The van der Waals surface area contributed by atoms with Crippen LogP contribution < -0.4 is 22.4 Å². The summed E-state index contributed by atoms with van der Waals surface area (Å²) in [4.78, 5) is 12.5. The molecule has 0 saturated carbocycles. The molecule has 0 fully saturated rings. The predicted octanol–water partition coefficient (Wildman–Crippen LogP) is 1.61. The average Bonchev–Trinajstić information content (AvgIpc) is 2.70. The predicted molar refractivity (Wildman–Crippen MR) is 111 cm³/mol. The van der Waals surface area contributed by atoms with Gasteiger partial charge in [-0.2, -0.15) is 0 Å². The van der Waals surface area contributed by atoms with Gasteiger partial charge in [0.25, 0.3) is 0 Å². The first-order valence-electron chi connectivity index (χ1n) is 8.41. The second-order valence-corrected chi connectivity index (χ2v) is 5.50. The molecule has 0 aromatic heterocycles. The summed E-state index contributed by atoms with van der Waals surface area (Å²) in [7, 11) is 1.86. The number of nitrogens with zero attached hydrogens (tertiary/aromatic N) is 2. The van der Waals surface area contributed by atoms with Gasteiger partial charge in [-0.3, -0.25) is 4.79 Å². The summed E-state index contributed by atoms with van der Waals surface area (Å²) in [6, 6.07) is 5.79. The highest BCUT2D eigenvalue weighted by atomic mass is 16.1. The largest absolute Gasteiger partial charge is 0.388 e. The summed E-state index contributed by atoms with van der Waals surface area (Å²) in [5.74, 6) is 5.40. The Morgan fingerprint density at radius 1 is 1.37 bits per heavy atom. The maximum absolute atomic E-state index is 10.6. The van der Waals surface area contributed by atoms with Crippen molar-refractivity contribution in [1.82, 2.24) is 10.4 Å². The molecule has 144 valence electrons. The minimum Gasteiger partial charge on any atom is -0.388 e. The molecule has 0 atom stereocenters. The molecule has 1 aromatic rings. The molecule has 1 aliphatic heterocycles. The highest BCUT2D eigenvalue weighted by Gasteiger charge is 2.08. The molecular weight excluding hydrogens is 342 g/mol. The van der Waals surface area contributed by atoms with Crippen LogP contribution in [0.25, 0.3) is 0 Å². The van der Waals surface area contributed by atoms with E-state index in [4.69, 9.17) is 17.0 Å². The summed E-state index contributed by atoms with van der Waals surface area (Å²) in [5, 5.41) is 13.8. The number of amidine groups is 1. The lowest BCUT2D eigenvalue weighted by Crippen LogP contribution is -2.23. The second kappa shape index (κ2) is 11.3. The van der Waals surface area contributed by atoms with E-state index in [1.807, 2.05) is 68.4 Å². The van der Waals surface area contributed by atoms with Crippen molar-refractivity contribution in [3.8, 4) is 0 Å². The Labute approximate surface area is 159 Å². The van der Waals surface area contributed by atoms with Crippen LogP contribution in [0.5, 0.6) is 0 Å². The molecule has 0 radical (unpaired) electrons. The quantitative estimate of drug-likeness (QED) is 0.129. The lowest BCUT2D eigenvalue weighted by molar-refractivity contribution is -0.104. The number of benzene rings is 1. The fourth-order valence-electron chi connectivity index (χ4n) is 2.37. The standard InChI is InChI=1S/C10H12N2O.C9H15N5/c1-2-12-6-4-3-5-10(12)9(7-11)8-13;1-6-3-4-7(5-8(6)12-2)9(10)13-14-11/h3-8,11H,2H2,1H3;3-5,12,14H,11H2,1-2H3,(H2,10,13)/b10-9+,11-7?;. The normalized spacial score (nSPS) is 14.8. The monoisotopic (exact) mass is 369 g/mol. The number of nitrogens with one attached hydrogen (secondary N) is 3. The van der Waals surface area contributed by atoms with Crippen LogP contribution in [0.2, 0.25) is 0 Å². The second-order valence-electron chi connectivity index (χ2n) is 5.50. The molecule has 2 rings (SSSR count). The lowest BCUT2D eigenvalue weighted by atomic mass is 10.1. The van der Waals surface area contributed by atoms with Crippen molar-refractivity contribution < 1.29 is 4.79 Å². The lowest BCUT2D eigenvalue weighted by Gasteiger charge is -2.22. The van der Waals surface area contributed by atoms with Gasteiger partial charge in [-0.05, 0) is 37.6 Å². The summed E-state index contributed by atoms with van der Waals surface area (Å²) >= 11 is 0. The van der Waals surface area contributed by atoms with Gasteiger partial charge in [-0.25, -0.2) is 11.4 Å². The molecule has 1 aromatic carbocycles. The molecule has 0 amide bonds. The molecule has 0 spiro atoms. The van der Waals surface area contributed by atoms with Crippen LogP contribution in [-0.4, -0.2) is 36.8 Å². The van der Waals surface area contributed by atoms with Gasteiger partial charge in [-0.1, -0.05) is 18.2 Å². The van der Waals surface area contributed by atoms with Gasteiger partial charge in [0.05, 0.1) is 11.3 Å². The number of carbonyl (C=O) groups excluding carboxylic acids is 1. The Morgan fingerprint density at radius 2 is 2.11 bits per heavy atom. The Morgan fingerprint density at radius 3 is 2.67 bits per heavy atom. The molecule has 0 aliphatic carbocycles. The summed E-state index contributed by atoms with van der Waals surface area (Å²) in [6.07, 6.45) is 9.26. The number of carbonyl (C=O) groups is 1. The molecule has 1 heterocycles. The van der Waals surface area contributed by atoms with Crippen LogP contribution in [0.3, 0.4) is 0 Å².